The van der Waals surface area contributed by atoms with E-state index in [2.05, 4.69) is 10.6 Å². The summed E-state index contributed by atoms with van der Waals surface area (Å²) in [4.78, 5) is 23.7. The minimum atomic E-state index is -0.326. The van der Waals surface area contributed by atoms with E-state index < -0.39 is 0 Å². The minimum Gasteiger partial charge on any atom is -0.354 e. The van der Waals surface area contributed by atoms with Crippen molar-refractivity contribution in [3.05, 3.63) is 71.0 Å². The largest absolute Gasteiger partial charge is 0.354 e. The fourth-order valence-corrected chi connectivity index (χ4v) is 2.15. The zero-order valence-electron chi connectivity index (χ0n) is 12.9. The van der Waals surface area contributed by atoms with Gasteiger partial charge in [0.1, 0.15) is 5.82 Å². The van der Waals surface area contributed by atoms with E-state index >= 15 is 0 Å². The molecule has 2 rings (SSSR count). The number of carbonyl (C=O) groups excluding carboxylic acids is 2. The molecule has 0 unspecified atom stereocenters. The molecule has 0 saturated heterocycles. The molecule has 0 aliphatic carbocycles. The monoisotopic (exact) mass is 314 g/mol. The van der Waals surface area contributed by atoms with Gasteiger partial charge in [0.2, 0.25) is 5.91 Å². The molecule has 0 aliphatic heterocycles. The molecule has 0 radical (unpaired) electrons. The molecular weight excluding hydrogens is 295 g/mol. The summed E-state index contributed by atoms with van der Waals surface area (Å²) in [6.45, 7) is 2.57. The van der Waals surface area contributed by atoms with E-state index in [1.165, 1.54) is 12.1 Å². The second kappa shape index (κ2) is 8.08. The molecule has 120 valence electrons. The van der Waals surface area contributed by atoms with E-state index in [0.29, 0.717) is 18.7 Å². The Morgan fingerprint density at radius 2 is 1.61 bits per heavy atom. The van der Waals surface area contributed by atoms with Crippen molar-refractivity contribution in [2.24, 2.45) is 0 Å². The zero-order valence-corrected chi connectivity index (χ0v) is 12.9. The SMILES string of the molecule is Cc1ccccc1C(=O)NCCNC(=O)Cc1ccc(F)cc1. The molecule has 23 heavy (non-hydrogen) atoms. The molecule has 2 aromatic rings. The summed E-state index contributed by atoms with van der Waals surface area (Å²) in [5, 5.41) is 5.48. The Morgan fingerprint density at radius 3 is 2.30 bits per heavy atom. The number of aryl methyl sites for hydroxylation is 1. The summed E-state index contributed by atoms with van der Waals surface area (Å²) in [7, 11) is 0. The highest BCUT2D eigenvalue weighted by Crippen LogP contribution is 2.06. The van der Waals surface area contributed by atoms with Gasteiger partial charge in [0.25, 0.3) is 5.91 Å². The van der Waals surface area contributed by atoms with E-state index in [1.54, 1.807) is 18.2 Å². The first-order chi connectivity index (χ1) is 11.1. The van der Waals surface area contributed by atoms with Crippen LogP contribution in [-0.2, 0) is 11.2 Å². The van der Waals surface area contributed by atoms with Gasteiger partial charge in [0.05, 0.1) is 6.42 Å². The van der Waals surface area contributed by atoms with Crippen LogP contribution in [0, 0.1) is 12.7 Å². The van der Waals surface area contributed by atoms with Gasteiger partial charge < -0.3 is 10.6 Å². The van der Waals surface area contributed by atoms with Crippen molar-refractivity contribution in [3.63, 3.8) is 0 Å². The van der Waals surface area contributed by atoms with Gasteiger partial charge in [-0.25, -0.2) is 4.39 Å². The van der Waals surface area contributed by atoms with E-state index in [0.717, 1.165) is 11.1 Å². The average molecular weight is 314 g/mol. The fourth-order valence-electron chi connectivity index (χ4n) is 2.15. The molecule has 2 amide bonds. The van der Waals surface area contributed by atoms with Gasteiger partial charge in [-0.2, -0.15) is 0 Å². The summed E-state index contributed by atoms with van der Waals surface area (Å²) < 4.78 is 12.8. The van der Waals surface area contributed by atoms with Gasteiger partial charge >= 0.3 is 0 Å². The van der Waals surface area contributed by atoms with Gasteiger partial charge in [-0.1, -0.05) is 30.3 Å². The summed E-state index contributed by atoms with van der Waals surface area (Å²) >= 11 is 0. The summed E-state index contributed by atoms with van der Waals surface area (Å²) in [5.41, 5.74) is 2.28. The fraction of sp³-hybridized carbons (Fsp3) is 0.222. The first kappa shape index (κ1) is 16.7. The van der Waals surface area contributed by atoms with Crippen molar-refractivity contribution in [1.29, 1.82) is 0 Å². The minimum absolute atomic E-state index is 0.157. The average Bonchev–Trinajstić information content (AvgIpc) is 2.54. The van der Waals surface area contributed by atoms with Crippen LogP contribution in [0.1, 0.15) is 21.5 Å². The molecule has 0 bridgehead atoms. The van der Waals surface area contributed by atoms with E-state index in [1.807, 2.05) is 25.1 Å². The second-order valence-electron chi connectivity index (χ2n) is 5.22. The van der Waals surface area contributed by atoms with Gasteiger partial charge in [-0.15, -0.1) is 0 Å². The number of amides is 2. The molecule has 0 fully saturated rings. The maximum Gasteiger partial charge on any atom is 0.251 e. The van der Waals surface area contributed by atoms with Gasteiger partial charge in [0, 0.05) is 18.7 Å². The summed E-state index contributed by atoms with van der Waals surface area (Å²) in [6, 6.07) is 13.1. The molecule has 2 N–H and O–H groups in total. The van der Waals surface area contributed by atoms with Crippen molar-refractivity contribution in [2.75, 3.05) is 13.1 Å². The van der Waals surface area contributed by atoms with Crippen molar-refractivity contribution < 1.29 is 14.0 Å². The van der Waals surface area contributed by atoms with Gasteiger partial charge in [-0.3, -0.25) is 9.59 Å². The third kappa shape index (κ3) is 5.21. The highest BCUT2D eigenvalue weighted by molar-refractivity contribution is 5.95. The highest BCUT2D eigenvalue weighted by Gasteiger charge is 2.07. The summed E-state index contributed by atoms with van der Waals surface area (Å²) in [6.07, 6.45) is 0.187. The molecule has 0 heterocycles. The molecule has 0 spiro atoms. The number of nitrogens with one attached hydrogen (secondary N) is 2. The lowest BCUT2D eigenvalue weighted by atomic mass is 10.1. The Hall–Kier alpha value is -2.69. The number of rotatable bonds is 6. The molecule has 4 nitrogen and oxygen atoms in total. The van der Waals surface area contributed by atoms with Crippen LogP contribution in [0.4, 0.5) is 4.39 Å². The number of hydrogen-bond donors (Lipinski definition) is 2. The standard InChI is InChI=1S/C18H19FN2O2/c1-13-4-2-3-5-16(13)18(23)21-11-10-20-17(22)12-14-6-8-15(19)9-7-14/h2-9H,10-12H2,1H3,(H,20,22)(H,21,23). The van der Waals surface area contributed by atoms with Crippen LogP contribution in [0.5, 0.6) is 0 Å². The second-order valence-corrected chi connectivity index (χ2v) is 5.22. The Morgan fingerprint density at radius 1 is 0.957 bits per heavy atom. The Balaban J connectivity index is 1.71. The van der Waals surface area contributed by atoms with Gasteiger partial charge in [0.15, 0.2) is 0 Å². The maximum absolute atomic E-state index is 12.8. The summed E-state index contributed by atoms with van der Waals surface area (Å²) in [5.74, 6) is -0.647. The lowest BCUT2D eigenvalue weighted by molar-refractivity contribution is -0.120. The normalized spacial score (nSPS) is 10.2. The number of carbonyl (C=O) groups is 2. The predicted molar refractivity (Wildman–Crippen MR) is 86.6 cm³/mol. The van der Waals surface area contributed by atoms with E-state index in [4.69, 9.17) is 0 Å². The van der Waals surface area contributed by atoms with Gasteiger partial charge in [-0.05, 0) is 36.2 Å². The maximum atomic E-state index is 12.8. The molecule has 0 atom stereocenters. The Kier molecular flexibility index (Phi) is 5.86. The molecule has 0 aromatic heterocycles. The van der Waals surface area contributed by atoms with Crippen LogP contribution >= 0.6 is 0 Å². The Bertz CT molecular complexity index is 684. The topological polar surface area (TPSA) is 58.2 Å². The molecular formula is C18H19FN2O2. The van der Waals surface area contributed by atoms with E-state index in [9.17, 15) is 14.0 Å². The number of hydrogen-bond acceptors (Lipinski definition) is 2. The zero-order chi connectivity index (χ0) is 16.7. The highest BCUT2D eigenvalue weighted by atomic mass is 19.1. The van der Waals surface area contributed by atoms with Crippen LogP contribution in [0.2, 0.25) is 0 Å². The quantitative estimate of drug-likeness (QED) is 0.803. The molecule has 0 aliphatic rings. The Labute approximate surface area is 134 Å². The molecule has 0 saturated carbocycles. The molecule has 5 heteroatoms. The van der Waals surface area contributed by atoms with Crippen LogP contribution < -0.4 is 10.6 Å². The number of benzene rings is 2. The van der Waals surface area contributed by atoms with Crippen molar-refractivity contribution in [3.8, 4) is 0 Å². The number of halogens is 1. The van der Waals surface area contributed by atoms with E-state index in [-0.39, 0.29) is 24.1 Å². The van der Waals surface area contributed by atoms with Crippen LogP contribution in [0.15, 0.2) is 48.5 Å². The van der Waals surface area contributed by atoms with Crippen LogP contribution in [0.25, 0.3) is 0 Å². The lowest BCUT2D eigenvalue weighted by Crippen LogP contribution is -2.35. The third-order valence-corrected chi connectivity index (χ3v) is 3.40. The first-order valence-electron chi connectivity index (χ1n) is 7.41. The first-order valence-corrected chi connectivity index (χ1v) is 7.41. The lowest BCUT2D eigenvalue weighted by Gasteiger charge is -2.09. The van der Waals surface area contributed by atoms with Crippen molar-refractivity contribution in [1.82, 2.24) is 10.6 Å². The smallest absolute Gasteiger partial charge is 0.251 e. The molecule has 2 aromatic carbocycles. The van der Waals surface area contributed by atoms with Crippen molar-refractivity contribution >= 4 is 11.8 Å². The van der Waals surface area contributed by atoms with Crippen molar-refractivity contribution in [2.45, 2.75) is 13.3 Å². The third-order valence-electron chi connectivity index (χ3n) is 3.40. The van der Waals surface area contributed by atoms with Crippen LogP contribution in [-0.4, -0.2) is 24.9 Å². The predicted octanol–water partition coefficient (Wildman–Crippen LogP) is 2.22. The van der Waals surface area contributed by atoms with Crippen LogP contribution in [0.3, 0.4) is 0 Å².